The van der Waals surface area contributed by atoms with Gasteiger partial charge in [0.25, 0.3) is 7.82 Å². The summed E-state index contributed by atoms with van der Waals surface area (Å²) in [5.74, 6) is -0.885. The molecule has 0 rings (SSSR count). The van der Waals surface area contributed by atoms with E-state index >= 15 is 0 Å². The highest BCUT2D eigenvalue weighted by Crippen LogP contribution is 2.38. The minimum Gasteiger partial charge on any atom is -0.756 e. The molecule has 0 radical (unpaired) electrons. The lowest BCUT2D eigenvalue weighted by Crippen LogP contribution is -2.37. The van der Waals surface area contributed by atoms with Crippen molar-refractivity contribution in [2.45, 2.75) is 264 Å². The fourth-order valence-electron chi connectivity index (χ4n) is 8.43. The Bertz CT molecular complexity index is 1680. The van der Waals surface area contributed by atoms with E-state index in [1.54, 1.807) is 0 Å². The Labute approximate surface area is 480 Å². The average molecular weight is 1110 g/mol. The van der Waals surface area contributed by atoms with Crippen molar-refractivity contribution in [3.63, 3.8) is 0 Å². The van der Waals surface area contributed by atoms with E-state index in [4.69, 9.17) is 18.5 Å². The third-order valence-electron chi connectivity index (χ3n) is 13.3. The highest BCUT2D eigenvalue weighted by atomic mass is 31.2. The van der Waals surface area contributed by atoms with Crippen LogP contribution in [-0.2, 0) is 32.7 Å². The first-order valence-corrected chi connectivity index (χ1v) is 33.1. The van der Waals surface area contributed by atoms with E-state index in [-0.39, 0.29) is 26.1 Å². The number of nitrogens with zero attached hydrogens (tertiary/aromatic N) is 1. The minimum absolute atomic E-state index is 0.0442. The van der Waals surface area contributed by atoms with Gasteiger partial charge in [0, 0.05) is 12.8 Å². The molecule has 0 N–H and O–H groups in total. The molecule has 10 heteroatoms. The first-order valence-electron chi connectivity index (χ1n) is 31.6. The number of hydrogen-bond acceptors (Lipinski definition) is 8. The number of unbranched alkanes of at least 4 members (excludes halogenated alkanes) is 25. The topological polar surface area (TPSA) is 111 Å². The predicted octanol–water partition coefficient (Wildman–Crippen LogP) is 19.5. The summed E-state index contributed by atoms with van der Waals surface area (Å²) in [6.07, 6.45) is 81.6. The van der Waals surface area contributed by atoms with Crippen LogP contribution in [0.25, 0.3) is 0 Å². The van der Waals surface area contributed by atoms with E-state index in [1.165, 1.54) is 141 Å². The monoisotopic (exact) mass is 1110 g/mol. The van der Waals surface area contributed by atoms with Crippen molar-refractivity contribution in [2.75, 3.05) is 47.5 Å². The predicted molar refractivity (Wildman–Crippen MR) is 332 cm³/mol. The minimum atomic E-state index is -4.66. The van der Waals surface area contributed by atoms with Gasteiger partial charge in [0.05, 0.1) is 27.7 Å². The lowest BCUT2D eigenvalue weighted by atomic mass is 10.0. The van der Waals surface area contributed by atoms with Crippen molar-refractivity contribution in [3.05, 3.63) is 109 Å². The van der Waals surface area contributed by atoms with E-state index in [0.717, 1.165) is 83.5 Å². The normalized spacial score (nSPS) is 14.0. The van der Waals surface area contributed by atoms with Crippen LogP contribution in [0.2, 0.25) is 0 Å². The maximum atomic E-state index is 12.8. The summed E-state index contributed by atoms with van der Waals surface area (Å²) in [7, 11) is 1.13. The number of rotatable bonds is 57. The highest BCUT2D eigenvalue weighted by Gasteiger charge is 2.22. The largest absolute Gasteiger partial charge is 0.756 e. The number of quaternary nitrogens is 1. The third-order valence-corrected chi connectivity index (χ3v) is 14.2. The number of ether oxygens (including phenoxy) is 2. The van der Waals surface area contributed by atoms with Gasteiger partial charge in [0.15, 0.2) is 6.10 Å². The Kier molecular flexibility index (Phi) is 55.8. The molecule has 2 unspecified atom stereocenters. The standard InChI is InChI=1S/C68H118NO8P/c1-6-8-10-12-14-16-18-20-22-24-26-28-29-30-31-32-33-34-35-36-37-38-39-41-42-44-46-48-50-52-54-56-58-60-67(70)74-64-66(65-76-78(72,73)75-63-62-69(3,4)5)77-68(71)61-59-57-55-53-51-49-47-45-43-40-27-25-23-21-19-17-15-13-11-9-7-2/h9,11,15,17-18,20-21,23-24,26-27,29-30,40,45,47,51,53,66H,6-8,10,12-14,16,19,22,25,28,31-39,41-44,46,48-50,52,54-65H2,1-5H3/b11-9-,17-15-,20-18-,23-21-,26-24-,30-29-,40-27-,47-45-,53-51-. The quantitative estimate of drug-likeness (QED) is 0.0195. The van der Waals surface area contributed by atoms with E-state index in [0.29, 0.717) is 17.4 Å². The Hall–Kier alpha value is -3.33. The Morgan fingerprint density at radius 2 is 0.731 bits per heavy atom. The molecule has 0 aromatic rings. The second-order valence-electron chi connectivity index (χ2n) is 22.0. The van der Waals surface area contributed by atoms with Crippen LogP contribution in [0.15, 0.2) is 109 Å². The molecular weight excluding hydrogens is 990 g/mol. The lowest BCUT2D eigenvalue weighted by molar-refractivity contribution is -0.870. The molecule has 9 nitrogen and oxygen atoms in total. The first-order chi connectivity index (χ1) is 38.0. The van der Waals surface area contributed by atoms with E-state index in [2.05, 4.69) is 123 Å². The zero-order valence-electron chi connectivity index (χ0n) is 50.8. The number of phosphoric ester groups is 1. The molecule has 0 spiro atoms. The molecule has 0 aliphatic carbocycles. The van der Waals surface area contributed by atoms with Crippen LogP contribution >= 0.6 is 7.82 Å². The molecule has 0 amide bonds. The van der Waals surface area contributed by atoms with Crippen LogP contribution in [0.1, 0.15) is 258 Å². The van der Waals surface area contributed by atoms with Crippen molar-refractivity contribution in [1.29, 1.82) is 0 Å². The summed E-state index contributed by atoms with van der Waals surface area (Å²) >= 11 is 0. The van der Waals surface area contributed by atoms with Gasteiger partial charge < -0.3 is 27.9 Å². The van der Waals surface area contributed by atoms with Crippen molar-refractivity contribution in [1.82, 2.24) is 0 Å². The van der Waals surface area contributed by atoms with Crippen molar-refractivity contribution < 1.29 is 42.1 Å². The number of carbonyl (C=O) groups is 2. The van der Waals surface area contributed by atoms with Gasteiger partial charge in [-0.1, -0.05) is 252 Å². The molecule has 0 aromatic heterocycles. The molecule has 0 saturated carbocycles. The molecule has 0 aliphatic heterocycles. The van der Waals surface area contributed by atoms with E-state index < -0.39 is 32.5 Å². The SMILES string of the molecule is CC/C=C\C/C=C\C/C=C\C/C=C\C/C=C\C/C=C\CCCCC(=O)OC(COC(=O)CCCCCCCCCCCCCCCCCCCC/C=C\C/C=C\C/C=C\CCCCCCC)COP(=O)([O-])OCC[N+](C)(C)C. The van der Waals surface area contributed by atoms with Crippen LogP contribution in [0, 0.1) is 0 Å². The lowest BCUT2D eigenvalue weighted by Gasteiger charge is -2.28. The van der Waals surface area contributed by atoms with Crippen molar-refractivity contribution in [2.24, 2.45) is 0 Å². The highest BCUT2D eigenvalue weighted by molar-refractivity contribution is 7.45. The first kappa shape index (κ1) is 74.7. The zero-order chi connectivity index (χ0) is 57.0. The van der Waals surface area contributed by atoms with E-state index in [9.17, 15) is 19.0 Å². The van der Waals surface area contributed by atoms with Crippen LogP contribution in [0.3, 0.4) is 0 Å². The molecule has 0 aliphatic rings. The smallest absolute Gasteiger partial charge is 0.306 e. The van der Waals surface area contributed by atoms with Gasteiger partial charge in [0.2, 0.25) is 0 Å². The summed E-state index contributed by atoms with van der Waals surface area (Å²) in [6, 6.07) is 0. The van der Waals surface area contributed by atoms with Crippen LogP contribution < -0.4 is 4.89 Å². The van der Waals surface area contributed by atoms with Gasteiger partial charge in [-0.25, -0.2) is 0 Å². The number of carbonyl (C=O) groups excluding carboxylic acids is 2. The average Bonchev–Trinajstić information content (AvgIpc) is 3.41. The second-order valence-corrected chi connectivity index (χ2v) is 23.4. The summed E-state index contributed by atoms with van der Waals surface area (Å²) in [5.41, 5.74) is 0. The maximum Gasteiger partial charge on any atom is 0.306 e. The fraction of sp³-hybridized carbons (Fsp3) is 0.706. The second kappa shape index (κ2) is 58.3. The number of likely N-dealkylation sites (N-methyl/N-ethyl adjacent to an activating group) is 1. The van der Waals surface area contributed by atoms with Crippen LogP contribution in [0.4, 0.5) is 0 Å². The number of phosphoric acid groups is 1. The molecule has 78 heavy (non-hydrogen) atoms. The molecular formula is C68H118NO8P. The summed E-state index contributed by atoms with van der Waals surface area (Å²) in [5, 5.41) is 0. The van der Waals surface area contributed by atoms with Crippen molar-refractivity contribution in [3.8, 4) is 0 Å². The van der Waals surface area contributed by atoms with Gasteiger partial charge in [-0.2, -0.15) is 0 Å². The maximum absolute atomic E-state index is 12.8. The van der Waals surface area contributed by atoms with Gasteiger partial charge in [-0.3, -0.25) is 14.2 Å². The molecule has 0 aromatic carbocycles. The molecule has 448 valence electrons. The third kappa shape index (κ3) is 61.9. The zero-order valence-corrected chi connectivity index (χ0v) is 51.7. The Morgan fingerprint density at radius 1 is 0.410 bits per heavy atom. The Morgan fingerprint density at radius 3 is 1.12 bits per heavy atom. The van der Waals surface area contributed by atoms with Gasteiger partial charge >= 0.3 is 11.9 Å². The van der Waals surface area contributed by atoms with Crippen LogP contribution in [0.5, 0.6) is 0 Å². The summed E-state index contributed by atoms with van der Waals surface area (Å²) in [6.45, 7) is 4.07. The van der Waals surface area contributed by atoms with E-state index in [1.807, 2.05) is 21.1 Å². The molecule has 0 bridgehead atoms. The molecule has 2 atom stereocenters. The van der Waals surface area contributed by atoms with Gasteiger partial charge in [-0.05, 0) is 103 Å². The number of esters is 2. The summed E-state index contributed by atoms with van der Waals surface area (Å²) in [4.78, 5) is 37.9. The summed E-state index contributed by atoms with van der Waals surface area (Å²) < 4.78 is 34.1. The number of allylic oxidation sites excluding steroid dienone is 18. The van der Waals surface area contributed by atoms with Gasteiger partial charge in [-0.15, -0.1) is 0 Å². The molecule has 0 fully saturated rings. The van der Waals surface area contributed by atoms with Gasteiger partial charge in [0.1, 0.15) is 19.8 Å². The van der Waals surface area contributed by atoms with Crippen LogP contribution in [-0.4, -0.2) is 70.0 Å². The van der Waals surface area contributed by atoms with Crippen molar-refractivity contribution >= 4 is 19.8 Å². The fourth-order valence-corrected chi connectivity index (χ4v) is 9.16. The molecule has 0 heterocycles. The molecule has 0 saturated heterocycles. The Balaban J connectivity index is 4.12. The number of hydrogen-bond donors (Lipinski definition) is 0.